The van der Waals surface area contributed by atoms with Gasteiger partial charge in [0, 0.05) is 0 Å². The average molecular weight is 327 g/mol. The molecule has 0 radical (unpaired) electrons. The van der Waals surface area contributed by atoms with Crippen molar-refractivity contribution in [3.8, 4) is 0 Å². The first-order valence-corrected chi connectivity index (χ1v) is 8.31. The molecule has 1 aromatic rings. The molecule has 0 heterocycles. The van der Waals surface area contributed by atoms with Crippen LogP contribution in [0.5, 0.6) is 0 Å². The van der Waals surface area contributed by atoms with Gasteiger partial charge in [-0.25, -0.2) is 0 Å². The fourth-order valence-electron chi connectivity index (χ4n) is 2.69. The Kier molecular flexibility index (Phi) is 6.75. The average Bonchev–Trinajstić information content (AvgIpc) is 2.59. The van der Waals surface area contributed by atoms with Crippen LogP contribution in [0.2, 0.25) is 0 Å². The van der Waals surface area contributed by atoms with Crippen molar-refractivity contribution in [2.45, 2.75) is 44.2 Å². The maximum atomic E-state index is 12.2. The number of hydrogen-bond donors (Lipinski definition) is 3. The molecule has 0 saturated carbocycles. The van der Waals surface area contributed by atoms with Crippen LogP contribution >= 0.6 is 0 Å². The zero-order chi connectivity index (χ0) is 17.4. The molecular formula is C19H25N3O2. The minimum Gasteiger partial charge on any atom is -0.368 e. The van der Waals surface area contributed by atoms with Crippen molar-refractivity contribution in [1.29, 1.82) is 0 Å². The quantitative estimate of drug-likeness (QED) is 0.676. The largest absolute Gasteiger partial charge is 0.368 e. The number of benzene rings is 1. The van der Waals surface area contributed by atoms with Crippen LogP contribution in [0.1, 0.15) is 31.2 Å². The van der Waals surface area contributed by atoms with Gasteiger partial charge >= 0.3 is 0 Å². The minimum atomic E-state index is -0.706. The molecule has 1 aliphatic carbocycles. The highest BCUT2D eigenvalue weighted by atomic mass is 16.2. The third kappa shape index (κ3) is 5.66. The molecule has 5 nitrogen and oxygen atoms in total. The van der Waals surface area contributed by atoms with E-state index in [4.69, 9.17) is 11.5 Å². The number of nitrogens with two attached hydrogens (primary N) is 2. The first-order valence-electron chi connectivity index (χ1n) is 8.31. The molecule has 2 rings (SSSR count). The van der Waals surface area contributed by atoms with Crippen molar-refractivity contribution in [3.05, 3.63) is 59.7 Å². The second-order valence-corrected chi connectivity index (χ2v) is 6.06. The fraction of sp³-hybridized carbons (Fsp3) is 0.368. The summed E-state index contributed by atoms with van der Waals surface area (Å²) in [6.07, 6.45) is 10.0. The maximum absolute atomic E-state index is 12.2. The Balaban J connectivity index is 1.86. The highest BCUT2D eigenvalue weighted by molar-refractivity contribution is 5.89. The monoisotopic (exact) mass is 327 g/mol. The Hall–Kier alpha value is -2.40. The standard InChI is InChI=1S/C19H25N3O2/c20-16(13-15-9-5-2-6-10-15)19(24)22-17(18(21)23)12-11-14-7-3-1-4-8-14/h2-3,5-10,16-17H,1,4,11-13,20H2,(H2,21,23)(H,22,24). The number of carbonyl (C=O) groups is 2. The third-order valence-electron chi connectivity index (χ3n) is 4.09. The molecular weight excluding hydrogens is 302 g/mol. The van der Waals surface area contributed by atoms with E-state index < -0.39 is 18.0 Å². The van der Waals surface area contributed by atoms with E-state index in [0.717, 1.165) is 18.4 Å². The minimum absolute atomic E-state index is 0.351. The molecule has 0 aliphatic heterocycles. The SMILES string of the molecule is NC(=O)C(CCC1=CCCC=C1)NC(=O)C(N)Cc1ccccc1. The maximum Gasteiger partial charge on any atom is 0.240 e. The Morgan fingerprint density at radius 1 is 1.17 bits per heavy atom. The van der Waals surface area contributed by atoms with E-state index in [9.17, 15) is 9.59 Å². The Bertz CT molecular complexity index is 623. The van der Waals surface area contributed by atoms with Crippen LogP contribution < -0.4 is 16.8 Å². The van der Waals surface area contributed by atoms with E-state index in [2.05, 4.69) is 23.5 Å². The van der Waals surface area contributed by atoms with Gasteiger partial charge in [-0.2, -0.15) is 0 Å². The number of hydrogen-bond acceptors (Lipinski definition) is 3. The topological polar surface area (TPSA) is 98.2 Å². The summed E-state index contributed by atoms with van der Waals surface area (Å²) in [5, 5.41) is 2.69. The van der Waals surface area contributed by atoms with Gasteiger partial charge in [0.25, 0.3) is 0 Å². The van der Waals surface area contributed by atoms with Crippen LogP contribution in [0.15, 0.2) is 54.1 Å². The summed E-state index contributed by atoms with van der Waals surface area (Å²) in [7, 11) is 0. The lowest BCUT2D eigenvalue weighted by atomic mass is 9.99. The van der Waals surface area contributed by atoms with Crippen LogP contribution in [0.3, 0.4) is 0 Å². The lowest BCUT2D eigenvalue weighted by Crippen LogP contribution is -2.51. The Morgan fingerprint density at radius 2 is 1.92 bits per heavy atom. The number of amides is 2. The van der Waals surface area contributed by atoms with E-state index in [1.165, 1.54) is 5.57 Å². The summed E-state index contributed by atoms with van der Waals surface area (Å²) >= 11 is 0. The number of primary amides is 1. The van der Waals surface area contributed by atoms with Gasteiger partial charge in [0.1, 0.15) is 6.04 Å². The predicted octanol–water partition coefficient (Wildman–Crippen LogP) is 1.58. The normalized spacial score (nSPS) is 16.1. The van der Waals surface area contributed by atoms with Gasteiger partial charge in [0.05, 0.1) is 6.04 Å². The number of allylic oxidation sites excluding steroid dienone is 4. The molecule has 24 heavy (non-hydrogen) atoms. The van der Waals surface area contributed by atoms with E-state index >= 15 is 0 Å². The summed E-state index contributed by atoms with van der Waals surface area (Å²) in [5.41, 5.74) is 13.5. The molecule has 1 aliphatic rings. The third-order valence-corrected chi connectivity index (χ3v) is 4.09. The summed E-state index contributed by atoms with van der Waals surface area (Å²) in [5.74, 6) is -0.883. The van der Waals surface area contributed by atoms with Gasteiger partial charge in [-0.3, -0.25) is 9.59 Å². The number of carbonyl (C=O) groups excluding carboxylic acids is 2. The van der Waals surface area contributed by atoms with Crippen molar-refractivity contribution in [3.63, 3.8) is 0 Å². The van der Waals surface area contributed by atoms with E-state index in [1.54, 1.807) is 0 Å². The van der Waals surface area contributed by atoms with Crippen LogP contribution in [-0.4, -0.2) is 23.9 Å². The van der Waals surface area contributed by atoms with E-state index in [0.29, 0.717) is 19.3 Å². The Morgan fingerprint density at radius 3 is 2.54 bits per heavy atom. The lowest BCUT2D eigenvalue weighted by molar-refractivity contribution is -0.128. The van der Waals surface area contributed by atoms with Gasteiger partial charge in [-0.15, -0.1) is 0 Å². The van der Waals surface area contributed by atoms with Gasteiger partial charge in [0.2, 0.25) is 11.8 Å². The zero-order valence-electron chi connectivity index (χ0n) is 13.8. The molecule has 1 aromatic carbocycles. The van der Waals surface area contributed by atoms with Gasteiger partial charge in [-0.1, -0.05) is 54.1 Å². The molecule has 2 amide bonds. The van der Waals surface area contributed by atoms with E-state index in [-0.39, 0.29) is 5.91 Å². The molecule has 2 atom stereocenters. The summed E-state index contributed by atoms with van der Waals surface area (Å²) in [4.78, 5) is 23.9. The molecule has 2 unspecified atom stereocenters. The summed E-state index contributed by atoms with van der Waals surface area (Å²) < 4.78 is 0. The van der Waals surface area contributed by atoms with Gasteiger partial charge in [-0.05, 0) is 37.7 Å². The number of nitrogens with one attached hydrogen (secondary N) is 1. The van der Waals surface area contributed by atoms with Crippen molar-refractivity contribution in [2.24, 2.45) is 11.5 Å². The smallest absolute Gasteiger partial charge is 0.240 e. The van der Waals surface area contributed by atoms with Crippen LogP contribution in [-0.2, 0) is 16.0 Å². The molecule has 0 aromatic heterocycles. The summed E-state index contributed by atoms with van der Waals surface area (Å²) in [6.45, 7) is 0. The Labute approximate surface area is 142 Å². The molecule has 0 saturated heterocycles. The van der Waals surface area contributed by atoms with Crippen molar-refractivity contribution < 1.29 is 9.59 Å². The fourth-order valence-corrected chi connectivity index (χ4v) is 2.69. The van der Waals surface area contributed by atoms with Crippen molar-refractivity contribution in [2.75, 3.05) is 0 Å². The van der Waals surface area contributed by atoms with Crippen molar-refractivity contribution >= 4 is 11.8 Å². The second-order valence-electron chi connectivity index (χ2n) is 6.06. The highest BCUT2D eigenvalue weighted by Crippen LogP contribution is 2.16. The van der Waals surface area contributed by atoms with Crippen molar-refractivity contribution in [1.82, 2.24) is 5.32 Å². The first-order chi connectivity index (χ1) is 11.6. The first kappa shape index (κ1) is 17.9. The molecule has 128 valence electrons. The molecule has 0 spiro atoms. The molecule has 5 N–H and O–H groups in total. The van der Waals surface area contributed by atoms with Crippen LogP contribution in [0, 0.1) is 0 Å². The zero-order valence-corrected chi connectivity index (χ0v) is 13.8. The molecule has 0 bridgehead atoms. The molecule has 5 heteroatoms. The second kappa shape index (κ2) is 9.03. The van der Waals surface area contributed by atoms with Gasteiger partial charge in [0.15, 0.2) is 0 Å². The number of rotatable bonds is 8. The molecule has 0 fully saturated rings. The highest BCUT2D eigenvalue weighted by Gasteiger charge is 2.22. The van der Waals surface area contributed by atoms with Crippen LogP contribution in [0.4, 0.5) is 0 Å². The van der Waals surface area contributed by atoms with E-state index in [1.807, 2.05) is 30.3 Å². The predicted molar refractivity (Wildman–Crippen MR) is 94.9 cm³/mol. The summed E-state index contributed by atoms with van der Waals surface area (Å²) in [6, 6.07) is 8.14. The van der Waals surface area contributed by atoms with Crippen LogP contribution in [0.25, 0.3) is 0 Å². The van der Waals surface area contributed by atoms with Gasteiger partial charge < -0.3 is 16.8 Å². The lowest BCUT2D eigenvalue weighted by Gasteiger charge is -2.19.